The van der Waals surface area contributed by atoms with Crippen LogP contribution in [0.2, 0.25) is 0 Å². The number of hydrogen-bond donors (Lipinski definition) is 2. The summed E-state index contributed by atoms with van der Waals surface area (Å²) in [5.74, 6) is -1.51. The van der Waals surface area contributed by atoms with E-state index in [0.717, 1.165) is 5.56 Å². The second kappa shape index (κ2) is 7.52. The first kappa shape index (κ1) is 17.2. The van der Waals surface area contributed by atoms with Gasteiger partial charge in [-0.1, -0.05) is 12.1 Å². The molecule has 0 aliphatic carbocycles. The Labute approximate surface area is 149 Å². The number of carbonyl (C=O) groups is 2. The molecule has 7 nitrogen and oxygen atoms in total. The van der Waals surface area contributed by atoms with Crippen molar-refractivity contribution in [3.05, 3.63) is 89.3 Å². The second-order valence-electron chi connectivity index (χ2n) is 5.58. The maximum absolute atomic E-state index is 12.7. The van der Waals surface area contributed by atoms with Crippen LogP contribution < -0.4 is 5.32 Å². The number of aromatic carboxylic acids is 1. The number of nitrogens with zero attached hydrogens (tertiary/aromatic N) is 3. The highest BCUT2D eigenvalue weighted by Crippen LogP contribution is 2.20. The molecule has 0 saturated carbocycles. The van der Waals surface area contributed by atoms with Crippen molar-refractivity contribution in [2.45, 2.75) is 13.0 Å². The van der Waals surface area contributed by atoms with Crippen molar-refractivity contribution in [3.63, 3.8) is 0 Å². The molecule has 3 aromatic rings. The first-order valence-corrected chi connectivity index (χ1v) is 7.89. The Kier molecular flexibility index (Phi) is 4.98. The summed E-state index contributed by atoms with van der Waals surface area (Å²) in [5.41, 5.74) is 1.92. The quantitative estimate of drug-likeness (QED) is 0.733. The molecule has 0 aliphatic rings. The van der Waals surface area contributed by atoms with E-state index in [-0.39, 0.29) is 17.0 Å². The number of carboxylic acids is 1. The van der Waals surface area contributed by atoms with E-state index in [0.29, 0.717) is 5.69 Å². The summed E-state index contributed by atoms with van der Waals surface area (Å²) in [6.45, 7) is 1.55. The third-order valence-electron chi connectivity index (χ3n) is 3.83. The van der Waals surface area contributed by atoms with Crippen LogP contribution in [0.1, 0.15) is 43.8 Å². The molecule has 0 bridgehead atoms. The Morgan fingerprint density at radius 2 is 1.92 bits per heavy atom. The minimum absolute atomic E-state index is 0.0649. The molecule has 26 heavy (non-hydrogen) atoms. The second-order valence-corrected chi connectivity index (χ2v) is 5.58. The van der Waals surface area contributed by atoms with E-state index >= 15 is 0 Å². The number of carbonyl (C=O) groups excluding carboxylic acids is 1. The standard InChI is InChI=1S/C19H16N4O3/c1-12-14(19(25)26)7-8-16(22-12)18(24)23-17(13-5-4-9-20-11-13)15-6-2-3-10-21-15/h2-11,17H,1H3,(H,23,24)(H,25,26). The van der Waals surface area contributed by atoms with Gasteiger partial charge in [0.15, 0.2) is 0 Å². The van der Waals surface area contributed by atoms with Crippen LogP contribution in [0.4, 0.5) is 0 Å². The number of aryl methyl sites for hydroxylation is 1. The van der Waals surface area contributed by atoms with E-state index in [1.165, 1.54) is 12.1 Å². The topological polar surface area (TPSA) is 105 Å². The molecule has 0 fully saturated rings. The van der Waals surface area contributed by atoms with Crippen LogP contribution in [0.3, 0.4) is 0 Å². The molecule has 1 atom stereocenters. The van der Waals surface area contributed by atoms with Crippen molar-refractivity contribution < 1.29 is 14.7 Å². The third-order valence-corrected chi connectivity index (χ3v) is 3.83. The Hall–Kier alpha value is -3.61. The SMILES string of the molecule is Cc1nc(C(=O)NC(c2cccnc2)c2ccccn2)ccc1C(=O)O. The zero-order chi connectivity index (χ0) is 18.5. The Morgan fingerprint density at radius 3 is 2.54 bits per heavy atom. The lowest BCUT2D eigenvalue weighted by Gasteiger charge is -2.18. The number of amides is 1. The van der Waals surface area contributed by atoms with Crippen LogP contribution in [0, 0.1) is 6.92 Å². The molecule has 2 N–H and O–H groups in total. The molecular formula is C19H16N4O3. The van der Waals surface area contributed by atoms with Gasteiger partial charge in [0.25, 0.3) is 5.91 Å². The fraction of sp³-hybridized carbons (Fsp3) is 0.105. The molecule has 1 unspecified atom stereocenters. The van der Waals surface area contributed by atoms with Crippen LogP contribution >= 0.6 is 0 Å². The normalized spacial score (nSPS) is 11.6. The summed E-state index contributed by atoms with van der Waals surface area (Å²) in [6, 6.07) is 11.3. The molecule has 3 aromatic heterocycles. The number of hydrogen-bond acceptors (Lipinski definition) is 5. The smallest absolute Gasteiger partial charge is 0.337 e. The minimum atomic E-state index is -1.08. The van der Waals surface area contributed by atoms with Gasteiger partial charge in [0.2, 0.25) is 0 Å². The molecule has 0 spiro atoms. The summed E-state index contributed by atoms with van der Waals surface area (Å²) in [5, 5.41) is 12.0. The molecule has 3 heterocycles. The fourth-order valence-corrected chi connectivity index (χ4v) is 2.54. The zero-order valence-corrected chi connectivity index (χ0v) is 14.0. The predicted octanol–water partition coefficient (Wildman–Crippen LogP) is 2.40. The molecule has 1 amide bonds. The Morgan fingerprint density at radius 1 is 1.08 bits per heavy atom. The van der Waals surface area contributed by atoms with E-state index in [1.54, 1.807) is 37.6 Å². The third kappa shape index (κ3) is 3.72. The van der Waals surface area contributed by atoms with E-state index < -0.39 is 17.9 Å². The first-order valence-electron chi connectivity index (χ1n) is 7.89. The van der Waals surface area contributed by atoms with Gasteiger partial charge < -0.3 is 10.4 Å². The molecule has 7 heteroatoms. The molecule has 0 aliphatic heterocycles. The number of carboxylic acid groups (broad SMARTS) is 1. The summed E-state index contributed by atoms with van der Waals surface area (Å²) >= 11 is 0. The lowest BCUT2D eigenvalue weighted by molar-refractivity contribution is 0.0694. The molecular weight excluding hydrogens is 332 g/mol. The van der Waals surface area contributed by atoms with Gasteiger partial charge in [-0.05, 0) is 42.8 Å². The minimum Gasteiger partial charge on any atom is -0.478 e. The van der Waals surface area contributed by atoms with Gasteiger partial charge >= 0.3 is 5.97 Å². The van der Waals surface area contributed by atoms with Gasteiger partial charge in [-0.25, -0.2) is 9.78 Å². The highest BCUT2D eigenvalue weighted by molar-refractivity contribution is 5.94. The summed E-state index contributed by atoms with van der Waals surface area (Å²) < 4.78 is 0. The Balaban J connectivity index is 1.91. The number of aromatic nitrogens is 3. The van der Waals surface area contributed by atoms with Crippen molar-refractivity contribution in [2.24, 2.45) is 0 Å². The lowest BCUT2D eigenvalue weighted by Crippen LogP contribution is -2.30. The van der Waals surface area contributed by atoms with E-state index in [9.17, 15) is 9.59 Å². The van der Waals surface area contributed by atoms with Crippen LogP contribution in [0.5, 0.6) is 0 Å². The average Bonchev–Trinajstić information content (AvgIpc) is 2.67. The monoisotopic (exact) mass is 348 g/mol. The predicted molar refractivity (Wildman–Crippen MR) is 93.7 cm³/mol. The number of nitrogens with one attached hydrogen (secondary N) is 1. The molecule has 0 saturated heterocycles. The zero-order valence-electron chi connectivity index (χ0n) is 14.0. The lowest BCUT2D eigenvalue weighted by atomic mass is 10.0. The summed E-state index contributed by atoms with van der Waals surface area (Å²) in [6.07, 6.45) is 4.96. The fourth-order valence-electron chi connectivity index (χ4n) is 2.54. The van der Waals surface area contributed by atoms with Gasteiger partial charge in [0.05, 0.1) is 23.0 Å². The number of rotatable bonds is 5. The van der Waals surface area contributed by atoms with Crippen molar-refractivity contribution in [2.75, 3.05) is 0 Å². The van der Waals surface area contributed by atoms with E-state index in [2.05, 4.69) is 20.3 Å². The van der Waals surface area contributed by atoms with Crippen molar-refractivity contribution in [1.29, 1.82) is 0 Å². The van der Waals surface area contributed by atoms with E-state index in [4.69, 9.17) is 5.11 Å². The van der Waals surface area contributed by atoms with Crippen molar-refractivity contribution in [3.8, 4) is 0 Å². The molecule has 0 aromatic carbocycles. The van der Waals surface area contributed by atoms with Gasteiger partial charge in [0, 0.05) is 18.6 Å². The average molecular weight is 348 g/mol. The first-order chi connectivity index (χ1) is 12.6. The van der Waals surface area contributed by atoms with Gasteiger partial charge in [-0.3, -0.25) is 14.8 Å². The molecule has 130 valence electrons. The maximum Gasteiger partial charge on any atom is 0.337 e. The van der Waals surface area contributed by atoms with Crippen LogP contribution in [-0.4, -0.2) is 31.9 Å². The molecule has 3 rings (SSSR count). The summed E-state index contributed by atoms with van der Waals surface area (Å²) in [4.78, 5) is 36.3. The van der Waals surface area contributed by atoms with Crippen LogP contribution in [0.15, 0.2) is 61.1 Å². The van der Waals surface area contributed by atoms with Crippen LogP contribution in [-0.2, 0) is 0 Å². The van der Waals surface area contributed by atoms with Crippen LogP contribution in [0.25, 0.3) is 0 Å². The highest BCUT2D eigenvalue weighted by Gasteiger charge is 2.20. The molecule has 0 radical (unpaired) electrons. The van der Waals surface area contributed by atoms with E-state index in [1.807, 2.05) is 18.2 Å². The maximum atomic E-state index is 12.7. The van der Waals surface area contributed by atoms with Crippen molar-refractivity contribution >= 4 is 11.9 Å². The van der Waals surface area contributed by atoms with Gasteiger partial charge in [-0.15, -0.1) is 0 Å². The number of pyridine rings is 3. The summed E-state index contributed by atoms with van der Waals surface area (Å²) in [7, 11) is 0. The van der Waals surface area contributed by atoms with Gasteiger partial charge in [-0.2, -0.15) is 0 Å². The largest absolute Gasteiger partial charge is 0.478 e. The van der Waals surface area contributed by atoms with Gasteiger partial charge in [0.1, 0.15) is 5.69 Å². The Bertz CT molecular complexity index is 891. The van der Waals surface area contributed by atoms with Crippen molar-refractivity contribution in [1.82, 2.24) is 20.3 Å². The highest BCUT2D eigenvalue weighted by atomic mass is 16.4.